The Morgan fingerprint density at radius 1 is 1.39 bits per heavy atom. The molecule has 3 rings (SSSR count). The van der Waals surface area contributed by atoms with Crippen LogP contribution in [0.3, 0.4) is 0 Å². The lowest BCUT2D eigenvalue weighted by Crippen LogP contribution is -2.25. The molecule has 1 aliphatic heterocycles. The maximum Gasteiger partial charge on any atom is 0.262 e. The monoisotopic (exact) mass is 243 g/mol. The fraction of sp³-hybridized carbons (Fsp3) is 0.0909. The van der Waals surface area contributed by atoms with Gasteiger partial charge >= 0.3 is 0 Å². The number of nitrogens with one attached hydrogen (secondary N) is 1. The van der Waals surface area contributed by atoms with E-state index in [1.165, 1.54) is 6.33 Å². The van der Waals surface area contributed by atoms with E-state index in [1.54, 1.807) is 18.2 Å². The van der Waals surface area contributed by atoms with Crippen molar-refractivity contribution >= 4 is 17.4 Å². The van der Waals surface area contributed by atoms with Crippen LogP contribution in [0.2, 0.25) is 0 Å². The number of carbonyl (C=O) groups excluding carboxylic acids is 1. The first-order valence-electron chi connectivity index (χ1n) is 5.24. The highest BCUT2D eigenvalue weighted by molar-refractivity contribution is 5.96. The van der Waals surface area contributed by atoms with E-state index < -0.39 is 0 Å². The number of amides is 1. The van der Waals surface area contributed by atoms with Gasteiger partial charge in [-0.1, -0.05) is 0 Å². The minimum absolute atomic E-state index is 0.0290. The van der Waals surface area contributed by atoms with Crippen molar-refractivity contribution in [1.82, 2.24) is 15.2 Å². The molecule has 0 bridgehead atoms. The summed E-state index contributed by atoms with van der Waals surface area (Å²) in [5.74, 6) is 0.715. The Bertz CT molecular complexity index is 629. The first-order valence-corrected chi connectivity index (χ1v) is 5.24. The number of aromatic nitrogens is 3. The summed E-state index contributed by atoms with van der Waals surface area (Å²) in [6.07, 6.45) is 1.28. The summed E-state index contributed by atoms with van der Waals surface area (Å²) in [6.45, 7) is 0.0290. The molecule has 0 spiro atoms. The van der Waals surface area contributed by atoms with Gasteiger partial charge in [-0.25, -0.2) is 4.98 Å². The van der Waals surface area contributed by atoms with E-state index in [0.717, 1.165) is 5.56 Å². The lowest BCUT2D eigenvalue weighted by molar-refractivity contribution is -0.118. The van der Waals surface area contributed by atoms with E-state index in [1.807, 2.05) is 0 Å². The molecule has 90 valence electrons. The van der Waals surface area contributed by atoms with Crippen molar-refractivity contribution in [2.45, 2.75) is 0 Å². The van der Waals surface area contributed by atoms with Gasteiger partial charge in [0.15, 0.2) is 12.4 Å². The molecule has 3 N–H and O–H groups in total. The third-order valence-corrected chi connectivity index (χ3v) is 2.53. The lowest BCUT2D eigenvalue weighted by atomic mass is 10.1. The second kappa shape index (κ2) is 3.95. The van der Waals surface area contributed by atoms with Gasteiger partial charge in [-0.2, -0.15) is 0 Å². The highest BCUT2D eigenvalue weighted by atomic mass is 16.5. The topological polar surface area (TPSA) is 103 Å². The predicted octanol–water partition coefficient (Wildman–Crippen LogP) is 0.452. The van der Waals surface area contributed by atoms with Gasteiger partial charge in [-0.3, -0.25) is 4.79 Å². The van der Waals surface area contributed by atoms with Crippen molar-refractivity contribution in [3.63, 3.8) is 0 Å². The zero-order valence-corrected chi connectivity index (χ0v) is 9.25. The molecule has 0 radical (unpaired) electrons. The van der Waals surface area contributed by atoms with Crippen LogP contribution in [0.25, 0.3) is 11.3 Å². The molecule has 0 saturated heterocycles. The molecule has 0 atom stereocenters. The van der Waals surface area contributed by atoms with E-state index in [-0.39, 0.29) is 18.3 Å². The van der Waals surface area contributed by atoms with Gasteiger partial charge in [0.25, 0.3) is 5.91 Å². The lowest BCUT2D eigenvalue weighted by Gasteiger charge is -2.18. The van der Waals surface area contributed by atoms with Gasteiger partial charge in [0.1, 0.15) is 17.8 Å². The molecule has 7 heteroatoms. The number of benzene rings is 1. The van der Waals surface area contributed by atoms with Crippen LogP contribution >= 0.6 is 0 Å². The summed E-state index contributed by atoms with van der Waals surface area (Å²) < 4.78 is 5.26. The van der Waals surface area contributed by atoms with Crippen molar-refractivity contribution in [3.05, 3.63) is 24.5 Å². The number of hydrogen-bond donors (Lipinski definition) is 2. The molecule has 0 saturated carbocycles. The number of rotatable bonds is 1. The first-order chi connectivity index (χ1) is 8.74. The van der Waals surface area contributed by atoms with Gasteiger partial charge in [0.2, 0.25) is 0 Å². The van der Waals surface area contributed by atoms with Crippen LogP contribution in [-0.4, -0.2) is 27.7 Å². The Morgan fingerprint density at radius 3 is 3.11 bits per heavy atom. The van der Waals surface area contributed by atoms with Crippen molar-refractivity contribution in [3.8, 4) is 17.0 Å². The number of ether oxygens (including phenoxy) is 1. The van der Waals surface area contributed by atoms with Gasteiger partial charge in [0, 0.05) is 5.56 Å². The second-order valence-electron chi connectivity index (χ2n) is 3.74. The maximum atomic E-state index is 11.2. The minimum Gasteiger partial charge on any atom is -0.482 e. The summed E-state index contributed by atoms with van der Waals surface area (Å²) in [6, 6.07) is 5.27. The van der Waals surface area contributed by atoms with E-state index in [4.69, 9.17) is 10.5 Å². The predicted molar refractivity (Wildman–Crippen MR) is 63.8 cm³/mol. The van der Waals surface area contributed by atoms with Crippen LogP contribution in [0, 0.1) is 0 Å². The van der Waals surface area contributed by atoms with Gasteiger partial charge in [-0.15, -0.1) is 10.2 Å². The van der Waals surface area contributed by atoms with Crippen LogP contribution in [0.15, 0.2) is 24.5 Å². The molecular formula is C11H9N5O2. The van der Waals surface area contributed by atoms with E-state index >= 15 is 0 Å². The Balaban J connectivity index is 2.07. The number of fused-ring (bicyclic) bond motifs is 1. The molecule has 2 aromatic rings. The van der Waals surface area contributed by atoms with Crippen LogP contribution in [0.5, 0.6) is 5.75 Å². The zero-order valence-electron chi connectivity index (χ0n) is 9.25. The molecule has 0 fully saturated rings. The third kappa shape index (κ3) is 1.71. The summed E-state index contributed by atoms with van der Waals surface area (Å²) in [5, 5.41) is 10.3. The normalized spacial score (nSPS) is 13.4. The van der Waals surface area contributed by atoms with Gasteiger partial charge in [-0.05, 0) is 18.2 Å². The molecule has 1 aromatic carbocycles. The SMILES string of the molecule is Nc1ncnnc1-c1ccc2c(c1)NC(=O)CO2. The highest BCUT2D eigenvalue weighted by Gasteiger charge is 2.17. The molecule has 1 aliphatic rings. The van der Waals surface area contributed by atoms with E-state index in [0.29, 0.717) is 17.1 Å². The average Bonchev–Trinajstić information content (AvgIpc) is 2.38. The van der Waals surface area contributed by atoms with Crippen molar-refractivity contribution in [2.75, 3.05) is 17.7 Å². The number of nitrogens with zero attached hydrogens (tertiary/aromatic N) is 3. The summed E-state index contributed by atoms with van der Waals surface area (Å²) in [5.41, 5.74) is 7.51. The highest BCUT2D eigenvalue weighted by Crippen LogP contribution is 2.32. The molecule has 2 heterocycles. The number of nitrogen functional groups attached to an aromatic ring is 1. The third-order valence-electron chi connectivity index (χ3n) is 2.53. The largest absolute Gasteiger partial charge is 0.482 e. The fourth-order valence-corrected chi connectivity index (χ4v) is 1.72. The Morgan fingerprint density at radius 2 is 2.28 bits per heavy atom. The summed E-state index contributed by atoms with van der Waals surface area (Å²) in [4.78, 5) is 15.1. The van der Waals surface area contributed by atoms with Gasteiger partial charge in [0.05, 0.1) is 5.69 Å². The summed E-state index contributed by atoms with van der Waals surface area (Å²) >= 11 is 0. The summed E-state index contributed by atoms with van der Waals surface area (Å²) in [7, 11) is 0. The van der Waals surface area contributed by atoms with E-state index in [9.17, 15) is 4.79 Å². The van der Waals surface area contributed by atoms with Gasteiger partial charge < -0.3 is 15.8 Å². The van der Waals surface area contributed by atoms with Crippen LogP contribution in [0.1, 0.15) is 0 Å². The maximum absolute atomic E-state index is 11.2. The van der Waals surface area contributed by atoms with E-state index in [2.05, 4.69) is 20.5 Å². The van der Waals surface area contributed by atoms with Crippen molar-refractivity contribution in [1.29, 1.82) is 0 Å². The molecule has 1 aromatic heterocycles. The number of anilines is 2. The fourth-order valence-electron chi connectivity index (χ4n) is 1.72. The molecular weight excluding hydrogens is 234 g/mol. The Labute approximate surface area is 102 Å². The Hall–Kier alpha value is -2.70. The molecule has 1 amide bonds. The Kier molecular flexibility index (Phi) is 2.30. The quantitative estimate of drug-likeness (QED) is 0.753. The van der Waals surface area contributed by atoms with Crippen molar-refractivity contribution < 1.29 is 9.53 Å². The van der Waals surface area contributed by atoms with Crippen LogP contribution in [0.4, 0.5) is 11.5 Å². The standard InChI is InChI=1S/C11H9N5O2/c12-11-10(16-14-5-13-11)6-1-2-8-7(3-6)15-9(17)4-18-8/h1-3,5H,4H2,(H,15,17)(H2,12,13,14). The number of carbonyl (C=O) groups is 1. The average molecular weight is 243 g/mol. The number of nitrogens with two attached hydrogens (primary N) is 1. The molecule has 7 nitrogen and oxygen atoms in total. The number of hydrogen-bond acceptors (Lipinski definition) is 6. The second-order valence-corrected chi connectivity index (χ2v) is 3.74. The van der Waals surface area contributed by atoms with Crippen LogP contribution in [-0.2, 0) is 4.79 Å². The minimum atomic E-state index is -0.190. The molecule has 18 heavy (non-hydrogen) atoms. The smallest absolute Gasteiger partial charge is 0.262 e. The molecule has 0 unspecified atom stereocenters. The van der Waals surface area contributed by atoms with Crippen LogP contribution < -0.4 is 15.8 Å². The molecule has 0 aliphatic carbocycles. The first kappa shape index (κ1) is 10.5. The zero-order chi connectivity index (χ0) is 12.5. The van der Waals surface area contributed by atoms with Crippen molar-refractivity contribution in [2.24, 2.45) is 0 Å².